The summed E-state index contributed by atoms with van der Waals surface area (Å²) in [5, 5.41) is 13.8. The Hall–Kier alpha value is -3.79. The number of carbonyl (C=O) groups is 2. The first-order valence-electron chi connectivity index (χ1n) is 9.53. The van der Waals surface area contributed by atoms with Crippen LogP contribution in [0.4, 0.5) is 14.5 Å². The summed E-state index contributed by atoms with van der Waals surface area (Å²) in [6, 6.07) is 15.6. The zero-order chi connectivity index (χ0) is 22.5. The first-order chi connectivity index (χ1) is 15.5. The summed E-state index contributed by atoms with van der Waals surface area (Å²) in [6.07, 6.45) is 1.60. The summed E-state index contributed by atoms with van der Waals surface area (Å²) in [6.45, 7) is 0.391. The van der Waals surface area contributed by atoms with Crippen molar-refractivity contribution in [2.45, 2.75) is 11.7 Å². The summed E-state index contributed by atoms with van der Waals surface area (Å²) in [7, 11) is 0. The predicted molar refractivity (Wildman–Crippen MR) is 116 cm³/mol. The van der Waals surface area contributed by atoms with E-state index in [1.54, 1.807) is 22.7 Å². The van der Waals surface area contributed by atoms with E-state index >= 15 is 0 Å². The standard InChI is InChI=1S/C22H17F2N5O2S/c23-16-8-17(24)10-18(9-16)26-20(30)13-32-22-28-27-19-7-6-15(12-29(19)22)21(31)25-11-14-4-2-1-3-5-14/h1-10,12H,11,13H2,(H,25,31)(H,26,30). The van der Waals surface area contributed by atoms with Crippen molar-refractivity contribution in [3.05, 3.63) is 89.6 Å². The number of anilines is 1. The Morgan fingerprint density at radius 2 is 1.72 bits per heavy atom. The largest absolute Gasteiger partial charge is 0.348 e. The quantitative estimate of drug-likeness (QED) is 0.417. The van der Waals surface area contributed by atoms with Gasteiger partial charge in [-0.1, -0.05) is 42.1 Å². The third-order valence-corrected chi connectivity index (χ3v) is 5.35. The van der Waals surface area contributed by atoms with E-state index in [1.165, 1.54) is 0 Å². The number of fused-ring (bicyclic) bond motifs is 1. The van der Waals surface area contributed by atoms with Crippen LogP contribution in [0.1, 0.15) is 15.9 Å². The third kappa shape index (κ3) is 5.27. The van der Waals surface area contributed by atoms with Crippen LogP contribution in [-0.4, -0.2) is 32.2 Å². The van der Waals surface area contributed by atoms with Crippen molar-refractivity contribution in [3.8, 4) is 0 Å². The molecule has 0 saturated carbocycles. The Morgan fingerprint density at radius 3 is 2.47 bits per heavy atom. The molecule has 2 N–H and O–H groups in total. The van der Waals surface area contributed by atoms with Gasteiger partial charge in [0.15, 0.2) is 10.8 Å². The van der Waals surface area contributed by atoms with Gasteiger partial charge in [-0.05, 0) is 29.8 Å². The molecule has 0 spiro atoms. The van der Waals surface area contributed by atoms with Crippen LogP contribution in [0.5, 0.6) is 0 Å². The van der Waals surface area contributed by atoms with Gasteiger partial charge in [0, 0.05) is 24.5 Å². The highest BCUT2D eigenvalue weighted by Crippen LogP contribution is 2.19. The molecule has 0 unspecified atom stereocenters. The zero-order valence-electron chi connectivity index (χ0n) is 16.6. The minimum Gasteiger partial charge on any atom is -0.348 e. The van der Waals surface area contributed by atoms with E-state index in [9.17, 15) is 18.4 Å². The molecule has 32 heavy (non-hydrogen) atoms. The Kier molecular flexibility index (Phi) is 6.41. The Labute approximate surface area is 185 Å². The highest BCUT2D eigenvalue weighted by Gasteiger charge is 2.13. The van der Waals surface area contributed by atoms with Crippen LogP contribution in [0, 0.1) is 11.6 Å². The fraction of sp³-hybridized carbons (Fsp3) is 0.0909. The molecule has 0 bridgehead atoms. The van der Waals surface area contributed by atoms with Crippen LogP contribution in [0.25, 0.3) is 5.65 Å². The molecule has 0 aliphatic carbocycles. The second-order valence-electron chi connectivity index (χ2n) is 6.79. The number of benzene rings is 2. The van der Waals surface area contributed by atoms with Crippen LogP contribution >= 0.6 is 11.8 Å². The van der Waals surface area contributed by atoms with Gasteiger partial charge < -0.3 is 10.6 Å². The van der Waals surface area contributed by atoms with Gasteiger partial charge in [-0.3, -0.25) is 14.0 Å². The average molecular weight is 453 g/mol. The maximum Gasteiger partial charge on any atom is 0.253 e. The number of pyridine rings is 1. The molecule has 162 valence electrons. The SMILES string of the molecule is O=C(CSc1nnc2ccc(C(=O)NCc3ccccc3)cn12)Nc1cc(F)cc(F)c1. The number of thioether (sulfide) groups is 1. The Balaban J connectivity index is 1.40. The average Bonchev–Trinajstić information content (AvgIpc) is 3.18. The molecule has 0 fully saturated rings. The molecular weight excluding hydrogens is 436 g/mol. The van der Waals surface area contributed by atoms with E-state index in [1.807, 2.05) is 30.3 Å². The molecule has 0 saturated heterocycles. The van der Waals surface area contributed by atoms with E-state index in [4.69, 9.17) is 0 Å². The fourth-order valence-electron chi connectivity index (χ4n) is 2.94. The lowest BCUT2D eigenvalue weighted by molar-refractivity contribution is -0.113. The zero-order valence-corrected chi connectivity index (χ0v) is 17.4. The lowest BCUT2D eigenvalue weighted by Crippen LogP contribution is -2.23. The van der Waals surface area contributed by atoms with Gasteiger partial charge in [0.05, 0.1) is 11.3 Å². The fourth-order valence-corrected chi connectivity index (χ4v) is 3.65. The smallest absolute Gasteiger partial charge is 0.253 e. The summed E-state index contributed by atoms with van der Waals surface area (Å²) < 4.78 is 28.1. The minimum atomic E-state index is -0.783. The topological polar surface area (TPSA) is 88.4 Å². The molecule has 2 heterocycles. The number of nitrogens with one attached hydrogen (secondary N) is 2. The molecule has 0 aliphatic heterocycles. The first-order valence-corrected chi connectivity index (χ1v) is 10.5. The van der Waals surface area contributed by atoms with E-state index in [2.05, 4.69) is 20.8 Å². The highest BCUT2D eigenvalue weighted by atomic mass is 32.2. The van der Waals surface area contributed by atoms with Gasteiger partial charge >= 0.3 is 0 Å². The van der Waals surface area contributed by atoms with E-state index in [-0.39, 0.29) is 17.3 Å². The highest BCUT2D eigenvalue weighted by molar-refractivity contribution is 7.99. The maximum absolute atomic E-state index is 13.3. The molecule has 7 nitrogen and oxygen atoms in total. The number of nitrogens with zero attached hydrogens (tertiary/aromatic N) is 3. The van der Waals surface area contributed by atoms with Crippen molar-refractivity contribution in [2.75, 3.05) is 11.1 Å². The predicted octanol–water partition coefficient (Wildman–Crippen LogP) is 3.67. The first kappa shape index (κ1) is 21.4. The number of halogens is 2. The van der Waals surface area contributed by atoms with Crippen LogP contribution < -0.4 is 10.6 Å². The van der Waals surface area contributed by atoms with Crippen LogP contribution in [0.3, 0.4) is 0 Å². The molecular formula is C22H17F2N5O2S. The second kappa shape index (κ2) is 9.56. The van der Waals surface area contributed by atoms with Crippen molar-refractivity contribution < 1.29 is 18.4 Å². The summed E-state index contributed by atoms with van der Waals surface area (Å²) >= 11 is 1.08. The van der Waals surface area contributed by atoms with E-state index in [0.29, 0.717) is 22.9 Å². The molecule has 10 heteroatoms. The summed E-state index contributed by atoms with van der Waals surface area (Å²) in [5.41, 5.74) is 1.93. The van der Waals surface area contributed by atoms with E-state index in [0.717, 1.165) is 35.5 Å². The number of aromatic nitrogens is 3. The summed E-state index contributed by atoms with van der Waals surface area (Å²) in [5.74, 6) is -2.35. The number of hydrogen-bond acceptors (Lipinski definition) is 5. The van der Waals surface area contributed by atoms with Gasteiger partial charge in [-0.15, -0.1) is 10.2 Å². The molecule has 0 atom stereocenters. The van der Waals surface area contributed by atoms with Crippen LogP contribution in [0.15, 0.2) is 72.0 Å². The third-order valence-electron chi connectivity index (χ3n) is 4.41. The van der Waals surface area contributed by atoms with Crippen molar-refractivity contribution >= 4 is 34.9 Å². The molecule has 4 aromatic rings. The number of carbonyl (C=O) groups excluding carboxylic acids is 2. The molecule has 2 aromatic heterocycles. The van der Waals surface area contributed by atoms with Gasteiger partial charge in [-0.2, -0.15) is 0 Å². The van der Waals surface area contributed by atoms with Crippen LogP contribution in [0.2, 0.25) is 0 Å². The number of hydrogen-bond donors (Lipinski definition) is 2. The normalized spacial score (nSPS) is 10.8. The van der Waals surface area contributed by atoms with Gasteiger partial charge in [-0.25, -0.2) is 8.78 Å². The minimum absolute atomic E-state index is 0.0246. The van der Waals surface area contributed by atoms with E-state index < -0.39 is 17.5 Å². The van der Waals surface area contributed by atoms with Crippen molar-refractivity contribution in [1.82, 2.24) is 19.9 Å². The van der Waals surface area contributed by atoms with Gasteiger partial charge in [0.25, 0.3) is 5.91 Å². The molecule has 0 aliphatic rings. The number of rotatable bonds is 7. The lowest BCUT2D eigenvalue weighted by atomic mass is 10.2. The van der Waals surface area contributed by atoms with Crippen molar-refractivity contribution in [1.29, 1.82) is 0 Å². The van der Waals surface area contributed by atoms with Crippen molar-refractivity contribution in [3.63, 3.8) is 0 Å². The monoisotopic (exact) mass is 453 g/mol. The molecule has 0 radical (unpaired) electrons. The van der Waals surface area contributed by atoms with Gasteiger partial charge in [0.2, 0.25) is 5.91 Å². The Bertz CT molecular complexity index is 1260. The summed E-state index contributed by atoms with van der Waals surface area (Å²) in [4.78, 5) is 24.7. The second-order valence-corrected chi connectivity index (χ2v) is 7.73. The molecule has 2 amide bonds. The Morgan fingerprint density at radius 1 is 0.969 bits per heavy atom. The van der Waals surface area contributed by atoms with Crippen LogP contribution in [-0.2, 0) is 11.3 Å². The number of amides is 2. The van der Waals surface area contributed by atoms with Gasteiger partial charge in [0.1, 0.15) is 11.6 Å². The van der Waals surface area contributed by atoms with Crippen molar-refractivity contribution in [2.24, 2.45) is 0 Å². The maximum atomic E-state index is 13.3. The molecule has 2 aromatic carbocycles. The molecule has 4 rings (SSSR count). The lowest BCUT2D eigenvalue weighted by Gasteiger charge is -2.07.